The van der Waals surface area contributed by atoms with E-state index < -0.39 is 0 Å². The van der Waals surface area contributed by atoms with Gasteiger partial charge >= 0.3 is 0 Å². The van der Waals surface area contributed by atoms with Crippen LogP contribution in [0.2, 0.25) is 0 Å². The van der Waals surface area contributed by atoms with Crippen LogP contribution >= 0.6 is 11.5 Å². The number of aryl methyl sites for hydroxylation is 1. The highest BCUT2D eigenvalue weighted by molar-refractivity contribution is 7.08. The van der Waals surface area contributed by atoms with Gasteiger partial charge in [-0.15, -0.1) is 5.10 Å². The summed E-state index contributed by atoms with van der Waals surface area (Å²) in [5.74, 6) is 0.168. The van der Waals surface area contributed by atoms with E-state index in [1.165, 1.54) is 12.4 Å². The summed E-state index contributed by atoms with van der Waals surface area (Å²) >= 11 is 1.14. The number of amides is 1. The van der Waals surface area contributed by atoms with Crippen LogP contribution < -0.4 is 4.74 Å². The molecule has 8 nitrogen and oxygen atoms in total. The highest BCUT2D eigenvalue weighted by atomic mass is 32.1. The minimum Gasteiger partial charge on any atom is -0.470 e. The molecule has 2 aromatic heterocycles. The van der Waals surface area contributed by atoms with Crippen molar-refractivity contribution < 1.29 is 9.53 Å². The molecule has 1 atom stereocenters. The second kappa shape index (κ2) is 7.98. The van der Waals surface area contributed by atoms with Crippen LogP contribution in [0.3, 0.4) is 0 Å². The number of likely N-dealkylation sites (tertiary alicyclic amines) is 1. The number of aromatic nitrogens is 4. The van der Waals surface area contributed by atoms with Crippen molar-refractivity contribution in [2.75, 3.05) is 13.1 Å². The van der Waals surface area contributed by atoms with E-state index in [0.29, 0.717) is 18.0 Å². The van der Waals surface area contributed by atoms with Crippen molar-refractivity contribution in [3.8, 4) is 11.9 Å². The van der Waals surface area contributed by atoms with Gasteiger partial charge in [0.15, 0.2) is 0 Å². The van der Waals surface area contributed by atoms with Gasteiger partial charge in [0.25, 0.3) is 11.8 Å². The molecule has 1 aliphatic heterocycles. The Labute approximate surface area is 149 Å². The predicted molar refractivity (Wildman–Crippen MR) is 90.2 cm³/mol. The monoisotopic (exact) mass is 358 g/mol. The Hall–Kier alpha value is -2.60. The molecule has 0 saturated carbocycles. The molecule has 3 heterocycles. The Morgan fingerprint density at radius 1 is 1.48 bits per heavy atom. The largest absolute Gasteiger partial charge is 0.470 e. The van der Waals surface area contributed by atoms with E-state index in [-0.39, 0.29) is 23.6 Å². The maximum atomic E-state index is 12.8. The minimum atomic E-state index is -0.211. The molecule has 0 bridgehead atoms. The lowest BCUT2D eigenvalue weighted by molar-refractivity contribution is 0.0529. The van der Waals surface area contributed by atoms with Crippen molar-refractivity contribution in [3.63, 3.8) is 0 Å². The third kappa shape index (κ3) is 3.91. The van der Waals surface area contributed by atoms with E-state index in [4.69, 9.17) is 10.00 Å². The summed E-state index contributed by atoms with van der Waals surface area (Å²) in [6, 6.07) is 1.97. The minimum absolute atomic E-state index is 0.0496. The van der Waals surface area contributed by atoms with Gasteiger partial charge in [0.05, 0.1) is 12.2 Å². The Kier molecular flexibility index (Phi) is 5.50. The van der Waals surface area contributed by atoms with Gasteiger partial charge in [0, 0.05) is 18.9 Å². The maximum Gasteiger partial charge on any atom is 0.267 e. The Morgan fingerprint density at radius 3 is 3.12 bits per heavy atom. The van der Waals surface area contributed by atoms with Crippen LogP contribution in [0, 0.1) is 11.3 Å². The van der Waals surface area contributed by atoms with Gasteiger partial charge in [-0.3, -0.25) is 4.79 Å². The van der Waals surface area contributed by atoms with Gasteiger partial charge in [-0.25, -0.2) is 9.97 Å². The third-order valence-electron chi connectivity index (χ3n) is 3.95. The highest BCUT2D eigenvalue weighted by Gasteiger charge is 2.29. The van der Waals surface area contributed by atoms with Crippen LogP contribution in [-0.4, -0.2) is 49.6 Å². The van der Waals surface area contributed by atoms with Crippen molar-refractivity contribution in [3.05, 3.63) is 28.7 Å². The van der Waals surface area contributed by atoms with Gasteiger partial charge < -0.3 is 9.64 Å². The van der Waals surface area contributed by atoms with Crippen molar-refractivity contribution in [2.45, 2.75) is 38.7 Å². The van der Waals surface area contributed by atoms with Crippen LogP contribution in [0.5, 0.6) is 5.88 Å². The molecule has 0 N–H and O–H groups in total. The molecule has 1 amide bonds. The fourth-order valence-corrected chi connectivity index (χ4v) is 3.46. The van der Waals surface area contributed by atoms with Crippen molar-refractivity contribution in [1.82, 2.24) is 24.5 Å². The number of carbonyl (C=O) groups is 1. The summed E-state index contributed by atoms with van der Waals surface area (Å²) in [6.45, 7) is 3.17. The van der Waals surface area contributed by atoms with Gasteiger partial charge in [0.2, 0.25) is 5.69 Å². The molecule has 2 aromatic rings. The van der Waals surface area contributed by atoms with Crippen LogP contribution in [0.25, 0.3) is 0 Å². The van der Waals surface area contributed by atoms with Crippen molar-refractivity contribution in [1.29, 1.82) is 5.26 Å². The molecule has 0 spiro atoms. The molecule has 1 fully saturated rings. The lowest BCUT2D eigenvalue weighted by Crippen LogP contribution is -2.44. The summed E-state index contributed by atoms with van der Waals surface area (Å²) in [5.41, 5.74) is 0.920. The number of hydrogen-bond donors (Lipinski definition) is 0. The molecule has 1 unspecified atom stereocenters. The van der Waals surface area contributed by atoms with E-state index >= 15 is 0 Å². The SMILES string of the molecule is CCCc1nnsc1C(=O)N1CCCC(Oc2nccnc2C#N)C1. The predicted octanol–water partition coefficient (Wildman–Crippen LogP) is 1.84. The van der Waals surface area contributed by atoms with Gasteiger partial charge in [-0.05, 0) is 30.8 Å². The van der Waals surface area contributed by atoms with Crippen molar-refractivity contribution in [2.24, 2.45) is 0 Å². The standard InChI is InChI=1S/C16H18N6O2S/c1-2-4-12-14(25-21-20-12)16(23)22-8-3-5-11(10-22)24-15-13(9-17)18-6-7-19-15/h6-7,11H,2-5,8,10H2,1H3. The van der Waals surface area contributed by atoms with Crippen LogP contribution in [0.15, 0.2) is 12.4 Å². The topological polar surface area (TPSA) is 105 Å². The van der Waals surface area contributed by atoms with E-state index in [1.807, 2.05) is 13.0 Å². The van der Waals surface area contributed by atoms with Crippen LogP contribution in [-0.2, 0) is 6.42 Å². The number of ether oxygens (including phenoxy) is 1. The van der Waals surface area contributed by atoms with E-state index in [1.54, 1.807) is 4.90 Å². The molecular weight excluding hydrogens is 340 g/mol. The number of nitrogens with zero attached hydrogens (tertiary/aromatic N) is 6. The third-order valence-corrected chi connectivity index (χ3v) is 4.71. The smallest absolute Gasteiger partial charge is 0.267 e. The molecule has 3 rings (SSSR count). The zero-order chi connectivity index (χ0) is 17.6. The number of hydrogen-bond acceptors (Lipinski definition) is 8. The summed E-state index contributed by atoms with van der Waals surface area (Å²) in [6.07, 6.45) is 6.02. The molecule has 1 aliphatic rings. The average molecular weight is 358 g/mol. The summed E-state index contributed by atoms with van der Waals surface area (Å²) in [4.78, 5) is 23.2. The fraction of sp³-hybridized carbons (Fsp3) is 0.500. The highest BCUT2D eigenvalue weighted by Crippen LogP contribution is 2.22. The first kappa shape index (κ1) is 17.2. The zero-order valence-electron chi connectivity index (χ0n) is 13.9. The zero-order valence-corrected chi connectivity index (χ0v) is 14.7. The Bertz CT molecular complexity index is 787. The molecule has 0 radical (unpaired) electrons. The fourth-order valence-electron chi connectivity index (χ4n) is 2.78. The summed E-state index contributed by atoms with van der Waals surface area (Å²) in [7, 11) is 0. The number of carbonyl (C=O) groups excluding carboxylic acids is 1. The van der Waals surface area contributed by atoms with Crippen molar-refractivity contribution >= 4 is 17.4 Å². The van der Waals surface area contributed by atoms with Gasteiger partial charge in [0.1, 0.15) is 17.1 Å². The molecule has 0 aliphatic carbocycles. The normalized spacial score (nSPS) is 17.1. The number of piperidine rings is 1. The van der Waals surface area contributed by atoms with Crippen LogP contribution in [0.4, 0.5) is 0 Å². The summed E-state index contributed by atoms with van der Waals surface area (Å²) < 4.78 is 9.76. The second-order valence-corrected chi connectivity index (χ2v) is 6.51. The first-order valence-electron chi connectivity index (χ1n) is 8.21. The average Bonchev–Trinajstić information content (AvgIpc) is 3.10. The first-order valence-corrected chi connectivity index (χ1v) is 8.98. The number of rotatable bonds is 5. The molecule has 0 aromatic carbocycles. The molecular formula is C16H18N6O2S. The quantitative estimate of drug-likeness (QED) is 0.803. The maximum absolute atomic E-state index is 12.8. The first-order chi connectivity index (χ1) is 12.2. The van der Waals surface area contributed by atoms with E-state index in [9.17, 15) is 4.79 Å². The van der Waals surface area contributed by atoms with Gasteiger partial charge in [-0.1, -0.05) is 17.8 Å². The molecule has 25 heavy (non-hydrogen) atoms. The summed E-state index contributed by atoms with van der Waals surface area (Å²) in [5, 5.41) is 13.2. The van der Waals surface area contributed by atoms with E-state index in [2.05, 4.69) is 19.6 Å². The van der Waals surface area contributed by atoms with Crippen LogP contribution in [0.1, 0.15) is 47.2 Å². The molecule has 130 valence electrons. The molecule has 1 saturated heterocycles. The lowest BCUT2D eigenvalue weighted by atomic mass is 10.1. The number of nitriles is 1. The Balaban J connectivity index is 1.69. The lowest BCUT2D eigenvalue weighted by Gasteiger charge is -2.32. The Morgan fingerprint density at radius 2 is 2.32 bits per heavy atom. The second-order valence-electron chi connectivity index (χ2n) is 5.75. The van der Waals surface area contributed by atoms with E-state index in [0.717, 1.165) is 42.9 Å². The van der Waals surface area contributed by atoms with Gasteiger partial charge in [-0.2, -0.15) is 5.26 Å². The molecule has 9 heteroatoms.